The summed E-state index contributed by atoms with van der Waals surface area (Å²) in [5.74, 6) is 0.178. The molecule has 0 aliphatic carbocycles. The number of allylic oxidation sites excluding steroid dienone is 1. The van der Waals surface area contributed by atoms with E-state index in [0.717, 1.165) is 19.6 Å². The number of nitrogens with one attached hydrogen (secondary N) is 1. The lowest BCUT2D eigenvalue weighted by molar-refractivity contribution is -0.141. The standard InChI is InChI=1S/C28H37F3N4O5/c1-17(2)40-26(37)21-18(3)35(16-27(4,5)23-22(21)24(33-32-23)28(29,30)31)25(36)19-6-8-20(9-7-19)39-15-12-34-10-13-38-14-11-34/h6-9,17,26,37H,10-16H2,1-5H3,(H,32,33). The molecule has 0 spiro atoms. The van der Waals surface area contributed by atoms with Crippen LogP contribution in [0.15, 0.2) is 30.0 Å². The number of amides is 1. The molecule has 0 radical (unpaired) electrons. The summed E-state index contributed by atoms with van der Waals surface area (Å²) >= 11 is 0. The molecular weight excluding hydrogens is 529 g/mol. The highest BCUT2D eigenvalue weighted by molar-refractivity contribution is 5.97. The van der Waals surface area contributed by atoms with E-state index in [-0.39, 0.29) is 29.1 Å². The first-order valence-corrected chi connectivity index (χ1v) is 13.3. The highest BCUT2D eigenvalue weighted by Gasteiger charge is 2.46. The third kappa shape index (κ3) is 6.51. The fourth-order valence-electron chi connectivity index (χ4n) is 5.04. The molecule has 0 bridgehead atoms. The van der Waals surface area contributed by atoms with E-state index in [4.69, 9.17) is 14.2 Å². The van der Waals surface area contributed by atoms with Crippen LogP contribution in [-0.2, 0) is 21.1 Å². The summed E-state index contributed by atoms with van der Waals surface area (Å²) < 4.78 is 58.9. The van der Waals surface area contributed by atoms with Crippen LogP contribution in [0.5, 0.6) is 5.75 Å². The predicted molar refractivity (Wildman–Crippen MR) is 142 cm³/mol. The van der Waals surface area contributed by atoms with Gasteiger partial charge in [0.1, 0.15) is 12.4 Å². The molecule has 1 aromatic carbocycles. The van der Waals surface area contributed by atoms with Gasteiger partial charge in [0.05, 0.1) is 25.0 Å². The van der Waals surface area contributed by atoms with Crippen molar-refractivity contribution in [2.45, 2.75) is 58.6 Å². The van der Waals surface area contributed by atoms with Gasteiger partial charge in [0.15, 0.2) is 12.0 Å². The van der Waals surface area contributed by atoms with Gasteiger partial charge in [-0.3, -0.25) is 14.8 Å². The Kier molecular flexibility index (Phi) is 8.93. The predicted octanol–water partition coefficient (Wildman–Crippen LogP) is 4.05. The molecule has 1 amide bonds. The van der Waals surface area contributed by atoms with E-state index in [1.165, 1.54) is 11.8 Å². The largest absolute Gasteiger partial charge is 0.492 e. The number of aromatic amines is 1. The average Bonchev–Trinajstić information content (AvgIpc) is 3.31. The molecule has 2 aliphatic heterocycles. The number of aliphatic hydroxyl groups excluding tert-OH is 1. The normalized spacial score (nSPS) is 19.0. The van der Waals surface area contributed by atoms with Gasteiger partial charge in [-0.2, -0.15) is 18.3 Å². The topological polar surface area (TPSA) is 100 Å². The van der Waals surface area contributed by atoms with Gasteiger partial charge in [-0.05, 0) is 45.0 Å². The number of morpholine rings is 1. The van der Waals surface area contributed by atoms with Gasteiger partial charge in [0.2, 0.25) is 0 Å². The van der Waals surface area contributed by atoms with E-state index < -0.39 is 35.6 Å². The first-order chi connectivity index (χ1) is 18.8. The molecule has 40 heavy (non-hydrogen) atoms. The number of ether oxygens (including phenoxy) is 3. The Balaban J connectivity index is 1.63. The first kappa shape index (κ1) is 30.0. The number of fused-ring (bicyclic) bond motifs is 1. The fraction of sp³-hybridized carbons (Fsp3) is 0.571. The second kappa shape index (κ2) is 11.9. The van der Waals surface area contributed by atoms with Crippen LogP contribution in [0.1, 0.15) is 61.9 Å². The van der Waals surface area contributed by atoms with Crippen LogP contribution in [0.4, 0.5) is 13.2 Å². The van der Waals surface area contributed by atoms with Crippen LogP contribution < -0.4 is 4.74 Å². The smallest absolute Gasteiger partial charge is 0.435 e. The van der Waals surface area contributed by atoms with E-state index >= 15 is 0 Å². The molecule has 1 atom stereocenters. The third-order valence-electron chi connectivity index (χ3n) is 7.10. The molecule has 1 unspecified atom stereocenters. The Bertz CT molecular complexity index is 1220. The van der Waals surface area contributed by atoms with Gasteiger partial charge in [0.25, 0.3) is 5.91 Å². The average molecular weight is 567 g/mol. The van der Waals surface area contributed by atoms with Crippen molar-refractivity contribution in [1.29, 1.82) is 0 Å². The molecular formula is C28H37F3N4O5. The summed E-state index contributed by atoms with van der Waals surface area (Å²) in [6, 6.07) is 6.64. The van der Waals surface area contributed by atoms with Crippen LogP contribution in [0.2, 0.25) is 0 Å². The number of aliphatic hydroxyl groups is 1. The number of hydrogen-bond acceptors (Lipinski definition) is 7. The Labute approximate surface area is 231 Å². The summed E-state index contributed by atoms with van der Waals surface area (Å²) in [7, 11) is 0. The van der Waals surface area contributed by atoms with Gasteiger partial charge >= 0.3 is 6.18 Å². The Morgan fingerprint density at radius 1 is 1.20 bits per heavy atom. The number of alkyl halides is 3. The second-order valence-corrected chi connectivity index (χ2v) is 11.0. The number of nitrogens with zero attached hydrogens (tertiary/aromatic N) is 3. The van der Waals surface area contributed by atoms with Crippen molar-refractivity contribution in [3.05, 3.63) is 52.5 Å². The van der Waals surface area contributed by atoms with E-state index in [0.29, 0.717) is 31.1 Å². The lowest BCUT2D eigenvalue weighted by Crippen LogP contribution is -2.39. The first-order valence-electron chi connectivity index (χ1n) is 13.3. The molecule has 2 aliphatic rings. The quantitative estimate of drug-likeness (QED) is 0.465. The number of benzene rings is 1. The Morgan fingerprint density at radius 3 is 2.45 bits per heavy atom. The minimum atomic E-state index is -4.79. The number of H-pyrrole nitrogens is 1. The van der Waals surface area contributed by atoms with Crippen molar-refractivity contribution < 1.29 is 37.3 Å². The monoisotopic (exact) mass is 566 g/mol. The molecule has 1 fully saturated rings. The maximum atomic E-state index is 14.0. The van der Waals surface area contributed by atoms with Crippen molar-refractivity contribution in [2.24, 2.45) is 0 Å². The maximum absolute atomic E-state index is 14.0. The zero-order chi connectivity index (χ0) is 29.2. The van der Waals surface area contributed by atoms with Crippen LogP contribution >= 0.6 is 0 Å². The molecule has 1 saturated heterocycles. The highest BCUT2D eigenvalue weighted by Crippen LogP contribution is 2.44. The van der Waals surface area contributed by atoms with Gasteiger partial charge in [-0.25, -0.2) is 0 Å². The number of carbonyl (C=O) groups excluding carboxylic acids is 1. The van der Waals surface area contributed by atoms with Crippen molar-refractivity contribution in [2.75, 3.05) is 46.0 Å². The fourth-order valence-corrected chi connectivity index (χ4v) is 5.04. The summed E-state index contributed by atoms with van der Waals surface area (Å²) in [5.41, 5.74) is -1.92. The Morgan fingerprint density at radius 2 is 1.85 bits per heavy atom. The van der Waals surface area contributed by atoms with Crippen LogP contribution in [0.3, 0.4) is 0 Å². The lowest BCUT2D eigenvalue weighted by atomic mass is 9.84. The zero-order valence-electron chi connectivity index (χ0n) is 23.5. The Hall–Kier alpha value is -2.93. The van der Waals surface area contributed by atoms with Gasteiger partial charge in [-0.15, -0.1) is 0 Å². The zero-order valence-corrected chi connectivity index (χ0v) is 23.5. The highest BCUT2D eigenvalue weighted by atomic mass is 19.4. The number of halogens is 3. The van der Waals surface area contributed by atoms with E-state index in [9.17, 15) is 23.1 Å². The van der Waals surface area contributed by atoms with Crippen molar-refractivity contribution in [3.8, 4) is 5.75 Å². The minimum absolute atomic E-state index is 0.0415. The SMILES string of the molecule is CC1=C(C(O)OC(C)C)c2c(C(F)(F)F)n[nH]c2C(C)(C)CN1C(=O)c1ccc(OCCN2CCOCC2)cc1. The minimum Gasteiger partial charge on any atom is -0.492 e. The number of rotatable bonds is 8. The number of carbonyl (C=O) groups is 1. The molecule has 2 N–H and O–H groups in total. The van der Waals surface area contributed by atoms with E-state index in [2.05, 4.69) is 15.1 Å². The van der Waals surface area contributed by atoms with E-state index in [1.54, 1.807) is 52.0 Å². The second-order valence-electron chi connectivity index (χ2n) is 11.0. The molecule has 9 nitrogen and oxygen atoms in total. The number of hydrogen-bond donors (Lipinski definition) is 2. The summed E-state index contributed by atoms with van der Waals surface area (Å²) in [4.78, 5) is 17.4. The molecule has 1 aromatic heterocycles. The molecule has 220 valence electrons. The van der Waals surface area contributed by atoms with Crippen LogP contribution in [0.25, 0.3) is 5.57 Å². The van der Waals surface area contributed by atoms with Crippen molar-refractivity contribution >= 4 is 11.5 Å². The third-order valence-corrected chi connectivity index (χ3v) is 7.10. The van der Waals surface area contributed by atoms with Crippen molar-refractivity contribution in [3.63, 3.8) is 0 Å². The lowest BCUT2D eigenvalue weighted by Gasteiger charge is -2.31. The van der Waals surface area contributed by atoms with Crippen LogP contribution in [-0.4, -0.2) is 89.4 Å². The summed E-state index contributed by atoms with van der Waals surface area (Å²) in [6.45, 7) is 12.7. The van der Waals surface area contributed by atoms with Gasteiger partial charge < -0.3 is 24.2 Å². The molecule has 0 saturated carbocycles. The number of aromatic nitrogens is 2. The molecule has 2 aromatic rings. The molecule has 4 rings (SSSR count). The molecule has 12 heteroatoms. The molecule has 3 heterocycles. The van der Waals surface area contributed by atoms with Gasteiger partial charge in [0, 0.05) is 54.0 Å². The van der Waals surface area contributed by atoms with E-state index in [1.807, 2.05) is 0 Å². The van der Waals surface area contributed by atoms with Crippen LogP contribution in [0, 0.1) is 0 Å². The summed E-state index contributed by atoms with van der Waals surface area (Å²) in [5, 5.41) is 17.1. The van der Waals surface area contributed by atoms with Crippen molar-refractivity contribution in [1.82, 2.24) is 20.0 Å². The summed E-state index contributed by atoms with van der Waals surface area (Å²) in [6.07, 6.45) is -7.00. The maximum Gasteiger partial charge on any atom is 0.435 e. The van der Waals surface area contributed by atoms with Gasteiger partial charge in [-0.1, -0.05) is 13.8 Å².